The third kappa shape index (κ3) is 3.62. The monoisotopic (exact) mass is 367 g/mol. The van der Waals surface area contributed by atoms with Crippen LogP contribution in [0.3, 0.4) is 0 Å². The van der Waals surface area contributed by atoms with Crippen molar-refractivity contribution >= 4 is 38.4 Å². The number of benzene rings is 3. The van der Waals surface area contributed by atoms with Crippen LogP contribution in [0.1, 0.15) is 29.3 Å². The summed E-state index contributed by atoms with van der Waals surface area (Å²) in [6, 6.07) is 29.3. The summed E-state index contributed by atoms with van der Waals surface area (Å²) >= 11 is 1.79. The molecule has 0 aliphatic heterocycles. The summed E-state index contributed by atoms with van der Waals surface area (Å²) in [5.74, 6) is 0. The number of hydrogen-bond donors (Lipinski definition) is 0. The summed E-state index contributed by atoms with van der Waals surface area (Å²) in [6.07, 6.45) is 0.963. The lowest BCUT2D eigenvalue weighted by atomic mass is 10.0. The molecular weight excluding hydrogens is 346 g/mol. The van der Waals surface area contributed by atoms with E-state index in [0.29, 0.717) is 0 Å². The zero-order valence-electron chi connectivity index (χ0n) is 15.4. The van der Waals surface area contributed by atoms with E-state index in [9.17, 15) is 0 Å². The minimum atomic E-state index is 0.963. The zero-order chi connectivity index (χ0) is 18.6. The molecule has 3 aromatic carbocycles. The van der Waals surface area contributed by atoms with Gasteiger partial charge in [0.15, 0.2) is 0 Å². The van der Waals surface area contributed by atoms with E-state index in [1.807, 2.05) is 12.1 Å². The summed E-state index contributed by atoms with van der Waals surface area (Å²) in [4.78, 5) is 6.37. The van der Waals surface area contributed by atoms with Gasteiger partial charge >= 0.3 is 0 Å². The molecule has 27 heavy (non-hydrogen) atoms. The molecule has 1 heterocycles. The van der Waals surface area contributed by atoms with Crippen molar-refractivity contribution in [1.82, 2.24) is 0 Å². The molecule has 0 amide bonds. The molecule has 2 heteroatoms. The molecule has 0 aliphatic carbocycles. The highest BCUT2D eigenvalue weighted by molar-refractivity contribution is 7.20. The molecule has 0 fully saturated rings. The van der Waals surface area contributed by atoms with Crippen LogP contribution >= 0.6 is 11.3 Å². The molecule has 1 aromatic heterocycles. The maximum atomic E-state index is 5.12. The zero-order valence-corrected chi connectivity index (χ0v) is 16.2. The summed E-state index contributed by atoms with van der Waals surface area (Å²) < 4.78 is 1.25. The average molecular weight is 368 g/mol. The van der Waals surface area contributed by atoms with Crippen LogP contribution in [0.5, 0.6) is 0 Å². The number of fused-ring (bicyclic) bond motifs is 1. The van der Waals surface area contributed by atoms with Gasteiger partial charge in [0, 0.05) is 26.1 Å². The summed E-state index contributed by atoms with van der Waals surface area (Å²) in [5.41, 5.74) is 5.41. The molecule has 0 atom stereocenters. The second-order valence-electron chi connectivity index (χ2n) is 6.45. The van der Waals surface area contributed by atoms with Crippen LogP contribution in [-0.2, 0) is 0 Å². The predicted octanol–water partition coefficient (Wildman–Crippen LogP) is 7.49. The first-order valence-corrected chi connectivity index (χ1v) is 9.98. The number of allylic oxidation sites excluding steroid dienone is 1. The van der Waals surface area contributed by atoms with E-state index in [1.54, 1.807) is 11.3 Å². The topological polar surface area (TPSA) is 12.4 Å². The van der Waals surface area contributed by atoms with Crippen molar-refractivity contribution in [3.8, 4) is 0 Å². The molecule has 1 nitrogen and oxygen atoms in total. The van der Waals surface area contributed by atoms with Crippen molar-refractivity contribution in [2.75, 3.05) is 0 Å². The van der Waals surface area contributed by atoms with Crippen molar-refractivity contribution in [2.24, 2.45) is 4.99 Å². The van der Waals surface area contributed by atoms with E-state index in [0.717, 1.165) is 28.9 Å². The Hall–Kier alpha value is -2.97. The third-order valence-electron chi connectivity index (χ3n) is 4.64. The Bertz CT molecular complexity index is 1060. The molecule has 132 valence electrons. The van der Waals surface area contributed by atoms with E-state index in [2.05, 4.69) is 86.3 Å². The third-order valence-corrected chi connectivity index (χ3v) is 5.84. The Balaban J connectivity index is 1.90. The second-order valence-corrected chi connectivity index (χ2v) is 7.53. The Labute approximate surface area is 164 Å². The van der Waals surface area contributed by atoms with Gasteiger partial charge in [-0.3, -0.25) is 0 Å². The molecule has 0 aliphatic rings. The summed E-state index contributed by atoms with van der Waals surface area (Å²) in [5, 5.41) is 1.19. The molecule has 0 unspecified atom stereocenters. The molecule has 4 aromatic rings. The molecule has 0 bridgehead atoms. The fourth-order valence-corrected chi connectivity index (χ4v) is 4.22. The van der Waals surface area contributed by atoms with Crippen LogP contribution < -0.4 is 0 Å². The molecular formula is C25H21NS. The highest BCUT2D eigenvalue weighted by atomic mass is 32.1. The molecule has 0 saturated heterocycles. The van der Waals surface area contributed by atoms with Gasteiger partial charge in [0.05, 0.1) is 11.4 Å². The first-order valence-electron chi connectivity index (χ1n) is 9.16. The first-order chi connectivity index (χ1) is 13.3. The number of aliphatic imine (C=N–C) groups is 1. The SMILES string of the molecule is C=C(CC)c1cc2c(N=C(c3ccccc3)c3ccccc3)cccc2s1. The van der Waals surface area contributed by atoms with Crippen LogP contribution in [0, 0.1) is 0 Å². The smallest absolute Gasteiger partial charge is 0.0781 e. The van der Waals surface area contributed by atoms with Crippen LogP contribution in [0.4, 0.5) is 5.69 Å². The van der Waals surface area contributed by atoms with Gasteiger partial charge in [-0.05, 0) is 30.2 Å². The molecule has 0 N–H and O–H groups in total. The Kier molecular flexibility index (Phi) is 4.99. The minimum Gasteiger partial charge on any atom is -0.247 e. The van der Waals surface area contributed by atoms with Gasteiger partial charge in [0.2, 0.25) is 0 Å². The van der Waals surface area contributed by atoms with Crippen molar-refractivity contribution < 1.29 is 0 Å². The standard InChI is InChI=1S/C25H21NS/c1-3-18(2)24-17-21-22(15-10-16-23(21)27-24)26-25(19-11-6-4-7-12-19)20-13-8-5-9-14-20/h4-17H,2-3H2,1H3. The van der Waals surface area contributed by atoms with Gasteiger partial charge in [0.25, 0.3) is 0 Å². The highest BCUT2D eigenvalue weighted by Gasteiger charge is 2.11. The van der Waals surface area contributed by atoms with E-state index in [4.69, 9.17) is 4.99 Å². The number of nitrogens with zero attached hydrogens (tertiary/aromatic N) is 1. The quantitative estimate of drug-likeness (QED) is 0.324. The van der Waals surface area contributed by atoms with Crippen molar-refractivity contribution in [3.63, 3.8) is 0 Å². The van der Waals surface area contributed by atoms with Crippen molar-refractivity contribution in [3.05, 3.63) is 108 Å². The van der Waals surface area contributed by atoms with Gasteiger partial charge < -0.3 is 0 Å². The van der Waals surface area contributed by atoms with E-state index in [-0.39, 0.29) is 0 Å². The number of rotatable bonds is 5. The van der Waals surface area contributed by atoms with Gasteiger partial charge in [-0.2, -0.15) is 0 Å². The molecule has 0 spiro atoms. The fraction of sp³-hybridized carbons (Fsp3) is 0.0800. The van der Waals surface area contributed by atoms with Gasteiger partial charge in [-0.1, -0.05) is 80.2 Å². The lowest BCUT2D eigenvalue weighted by Crippen LogP contribution is -2.02. The fourth-order valence-electron chi connectivity index (χ4n) is 3.10. The number of hydrogen-bond acceptors (Lipinski definition) is 2. The van der Waals surface area contributed by atoms with Crippen LogP contribution in [0.15, 0.2) is 96.5 Å². The Morgan fingerprint density at radius 2 is 1.48 bits per heavy atom. The lowest BCUT2D eigenvalue weighted by molar-refractivity contribution is 1.26. The Morgan fingerprint density at radius 3 is 2.07 bits per heavy atom. The predicted molar refractivity (Wildman–Crippen MR) is 119 cm³/mol. The van der Waals surface area contributed by atoms with Crippen LogP contribution in [-0.4, -0.2) is 5.71 Å². The average Bonchev–Trinajstić information content (AvgIpc) is 3.18. The van der Waals surface area contributed by atoms with Crippen molar-refractivity contribution in [1.29, 1.82) is 0 Å². The normalized spacial score (nSPS) is 10.7. The van der Waals surface area contributed by atoms with Gasteiger partial charge in [-0.15, -0.1) is 11.3 Å². The molecule has 4 rings (SSSR count). The van der Waals surface area contributed by atoms with E-state index in [1.165, 1.54) is 20.5 Å². The van der Waals surface area contributed by atoms with Crippen LogP contribution in [0.2, 0.25) is 0 Å². The minimum absolute atomic E-state index is 0.963. The number of thiophene rings is 1. The Morgan fingerprint density at radius 1 is 0.852 bits per heavy atom. The maximum absolute atomic E-state index is 5.12. The highest BCUT2D eigenvalue weighted by Crippen LogP contribution is 2.36. The first kappa shape index (κ1) is 17.4. The van der Waals surface area contributed by atoms with E-state index < -0.39 is 0 Å². The van der Waals surface area contributed by atoms with Gasteiger partial charge in [0.1, 0.15) is 0 Å². The lowest BCUT2D eigenvalue weighted by Gasteiger charge is -2.08. The van der Waals surface area contributed by atoms with E-state index >= 15 is 0 Å². The van der Waals surface area contributed by atoms with Gasteiger partial charge in [-0.25, -0.2) is 4.99 Å². The molecule has 0 saturated carbocycles. The largest absolute Gasteiger partial charge is 0.247 e. The maximum Gasteiger partial charge on any atom is 0.0781 e. The summed E-state index contributed by atoms with van der Waals surface area (Å²) in [6.45, 7) is 6.35. The molecule has 0 radical (unpaired) electrons. The summed E-state index contributed by atoms with van der Waals surface area (Å²) in [7, 11) is 0. The second kappa shape index (κ2) is 7.73. The van der Waals surface area contributed by atoms with Crippen molar-refractivity contribution in [2.45, 2.75) is 13.3 Å². The van der Waals surface area contributed by atoms with Crippen LogP contribution in [0.25, 0.3) is 15.7 Å².